The number of nitrogens with zero attached hydrogens (tertiary/aromatic N) is 2. The molecular weight excluding hydrogens is 491 g/mol. The van der Waals surface area contributed by atoms with Gasteiger partial charge in [-0.1, -0.05) is 48.0 Å². The van der Waals surface area contributed by atoms with E-state index in [1.165, 1.54) is 11.1 Å². The van der Waals surface area contributed by atoms with Crippen LogP contribution < -0.4 is 15.4 Å². The van der Waals surface area contributed by atoms with Gasteiger partial charge in [-0.15, -0.1) is 24.0 Å². The average molecular weight is 524 g/mol. The predicted octanol–water partition coefficient (Wildman–Crippen LogP) is 3.36. The van der Waals surface area contributed by atoms with Crippen LogP contribution in [0.5, 0.6) is 5.75 Å². The molecule has 164 valence electrons. The maximum Gasteiger partial charge on any atom is 0.191 e. The highest BCUT2D eigenvalue weighted by molar-refractivity contribution is 14.0. The minimum Gasteiger partial charge on any atom is -0.496 e. The molecule has 0 spiro atoms. The molecule has 0 amide bonds. The topological polar surface area (TPSA) is 58.1 Å². The summed E-state index contributed by atoms with van der Waals surface area (Å²) in [4.78, 5) is 6.88. The quantitative estimate of drug-likeness (QED) is 0.331. The standard InChI is InChI=1S/C23H32N4O2.HI/c1-18-7-6-9-19(15-18)21(27-11-13-29-14-12-27)17-26-23(24-2)25-16-20-8-4-5-10-22(20)28-3;/h4-10,15,21H,11-14,16-17H2,1-3H3,(H2,24,25,26);1H. The van der Waals surface area contributed by atoms with Gasteiger partial charge in [-0.3, -0.25) is 9.89 Å². The molecule has 1 unspecified atom stereocenters. The van der Waals surface area contributed by atoms with E-state index < -0.39 is 0 Å². The largest absolute Gasteiger partial charge is 0.496 e. The molecule has 6 nitrogen and oxygen atoms in total. The molecule has 30 heavy (non-hydrogen) atoms. The Morgan fingerprint density at radius 3 is 2.60 bits per heavy atom. The van der Waals surface area contributed by atoms with E-state index in [9.17, 15) is 0 Å². The number of hydrogen-bond donors (Lipinski definition) is 2. The van der Waals surface area contributed by atoms with Gasteiger partial charge in [0.05, 0.1) is 26.4 Å². The molecule has 2 aromatic carbocycles. The maximum atomic E-state index is 5.56. The summed E-state index contributed by atoms with van der Waals surface area (Å²) >= 11 is 0. The van der Waals surface area contributed by atoms with E-state index >= 15 is 0 Å². The molecule has 0 aromatic heterocycles. The van der Waals surface area contributed by atoms with Gasteiger partial charge >= 0.3 is 0 Å². The van der Waals surface area contributed by atoms with Crippen molar-refractivity contribution >= 4 is 29.9 Å². The van der Waals surface area contributed by atoms with Crippen LogP contribution in [0.1, 0.15) is 22.7 Å². The molecular formula is C23H33IN4O2. The Kier molecular flexibility index (Phi) is 10.4. The highest BCUT2D eigenvalue weighted by Gasteiger charge is 2.23. The summed E-state index contributed by atoms with van der Waals surface area (Å²) in [6.07, 6.45) is 0. The fourth-order valence-corrected chi connectivity index (χ4v) is 3.67. The fourth-order valence-electron chi connectivity index (χ4n) is 3.67. The number of rotatable bonds is 7. The molecule has 1 fully saturated rings. The average Bonchev–Trinajstić information content (AvgIpc) is 2.77. The summed E-state index contributed by atoms with van der Waals surface area (Å²) in [5.74, 6) is 1.66. The van der Waals surface area contributed by atoms with Crippen LogP contribution >= 0.6 is 24.0 Å². The Morgan fingerprint density at radius 2 is 1.90 bits per heavy atom. The van der Waals surface area contributed by atoms with Crippen LogP contribution in [-0.4, -0.2) is 57.9 Å². The highest BCUT2D eigenvalue weighted by Crippen LogP contribution is 2.22. The number of aliphatic imine (C=N–C) groups is 1. The summed E-state index contributed by atoms with van der Waals surface area (Å²) < 4.78 is 11.0. The number of methoxy groups -OCH3 is 1. The first kappa shape index (κ1) is 24.4. The molecule has 1 saturated heterocycles. The molecule has 1 aliphatic heterocycles. The third kappa shape index (κ3) is 6.85. The Morgan fingerprint density at radius 1 is 1.13 bits per heavy atom. The van der Waals surface area contributed by atoms with E-state index in [-0.39, 0.29) is 30.0 Å². The zero-order valence-electron chi connectivity index (χ0n) is 18.1. The molecule has 1 aliphatic rings. The second-order valence-electron chi connectivity index (χ2n) is 7.20. The second kappa shape index (κ2) is 12.8. The highest BCUT2D eigenvalue weighted by atomic mass is 127. The Balaban J connectivity index is 0.00000320. The molecule has 7 heteroatoms. The van der Waals surface area contributed by atoms with Crippen LogP contribution in [-0.2, 0) is 11.3 Å². The number of ether oxygens (including phenoxy) is 2. The molecule has 2 N–H and O–H groups in total. The lowest BCUT2D eigenvalue weighted by Crippen LogP contribution is -2.46. The first-order chi connectivity index (χ1) is 14.2. The number of guanidine groups is 1. The van der Waals surface area contributed by atoms with Crippen molar-refractivity contribution < 1.29 is 9.47 Å². The number of hydrogen-bond acceptors (Lipinski definition) is 4. The SMILES string of the molecule is CN=C(NCc1ccccc1OC)NCC(c1cccc(C)c1)N1CCOCC1.I. The van der Waals surface area contributed by atoms with Gasteiger partial charge in [0, 0.05) is 38.8 Å². The van der Waals surface area contributed by atoms with Gasteiger partial charge in [0.25, 0.3) is 0 Å². The molecule has 3 rings (SSSR count). The van der Waals surface area contributed by atoms with Crippen molar-refractivity contribution in [3.8, 4) is 5.75 Å². The van der Waals surface area contributed by atoms with E-state index in [1.807, 2.05) is 18.2 Å². The number of halogens is 1. The Bertz CT molecular complexity index is 809. The monoisotopic (exact) mass is 524 g/mol. The minimum atomic E-state index is 0. The van der Waals surface area contributed by atoms with Crippen LogP contribution in [0.3, 0.4) is 0 Å². The van der Waals surface area contributed by atoms with Crippen molar-refractivity contribution in [2.45, 2.75) is 19.5 Å². The van der Waals surface area contributed by atoms with E-state index in [0.717, 1.165) is 50.1 Å². The van der Waals surface area contributed by atoms with Gasteiger partial charge in [-0.25, -0.2) is 0 Å². The van der Waals surface area contributed by atoms with E-state index in [1.54, 1.807) is 14.2 Å². The van der Waals surface area contributed by atoms with E-state index in [0.29, 0.717) is 6.54 Å². The number of benzene rings is 2. The lowest BCUT2D eigenvalue weighted by molar-refractivity contribution is 0.0170. The van der Waals surface area contributed by atoms with Gasteiger partial charge in [0.2, 0.25) is 0 Å². The molecule has 0 bridgehead atoms. The van der Waals surface area contributed by atoms with E-state index in [4.69, 9.17) is 9.47 Å². The van der Waals surface area contributed by atoms with Crippen molar-refractivity contribution in [3.05, 3.63) is 65.2 Å². The van der Waals surface area contributed by atoms with Crippen LogP contribution in [0.4, 0.5) is 0 Å². The molecule has 1 atom stereocenters. The smallest absolute Gasteiger partial charge is 0.191 e. The summed E-state index contributed by atoms with van der Waals surface area (Å²) in [6, 6.07) is 17.0. The number of para-hydroxylation sites is 1. The van der Waals surface area contributed by atoms with Crippen LogP contribution in [0.25, 0.3) is 0 Å². The van der Waals surface area contributed by atoms with Gasteiger partial charge in [-0.2, -0.15) is 0 Å². The Labute approximate surface area is 197 Å². The maximum absolute atomic E-state index is 5.56. The summed E-state index contributed by atoms with van der Waals surface area (Å²) in [5, 5.41) is 6.91. The van der Waals surface area contributed by atoms with Crippen LogP contribution in [0, 0.1) is 6.92 Å². The predicted molar refractivity (Wildman–Crippen MR) is 133 cm³/mol. The lowest BCUT2D eigenvalue weighted by atomic mass is 10.0. The van der Waals surface area contributed by atoms with Gasteiger partial charge in [-0.05, 0) is 18.6 Å². The number of aryl methyl sites for hydroxylation is 1. The molecule has 0 radical (unpaired) electrons. The molecule has 1 heterocycles. The zero-order valence-corrected chi connectivity index (χ0v) is 20.4. The second-order valence-corrected chi connectivity index (χ2v) is 7.20. The van der Waals surface area contributed by atoms with Crippen molar-refractivity contribution in [1.82, 2.24) is 15.5 Å². The molecule has 0 saturated carbocycles. The minimum absolute atomic E-state index is 0. The summed E-state index contributed by atoms with van der Waals surface area (Å²) in [7, 11) is 3.49. The van der Waals surface area contributed by atoms with Crippen molar-refractivity contribution in [1.29, 1.82) is 0 Å². The van der Waals surface area contributed by atoms with Gasteiger partial charge in [0.1, 0.15) is 5.75 Å². The fraction of sp³-hybridized carbons (Fsp3) is 0.435. The van der Waals surface area contributed by atoms with Crippen molar-refractivity contribution in [2.75, 3.05) is 47.0 Å². The van der Waals surface area contributed by atoms with Crippen molar-refractivity contribution in [3.63, 3.8) is 0 Å². The zero-order chi connectivity index (χ0) is 20.5. The molecule has 2 aromatic rings. The normalized spacial score (nSPS) is 15.8. The number of morpholine rings is 1. The molecule has 0 aliphatic carbocycles. The third-order valence-corrected chi connectivity index (χ3v) is 5.24. The first-order valence-electron chi connectivity index (χ1n) is 10.2. The number of nitrogens with one attached hydrogen (secondary N) is 2. The lowest BCUT2D eigenvalue weighted by Gasteiger charge is -2.35. The van der Waals surface area contributed by atoms with Crippen LogP contribution in [0.2, 0.25) is 0 Å². The summed E-state index contributed by atoms with van der Waals surface area (Å²) in [5.41, 5.74) is 3.69. The van der Waals surface area contributed by atoms with Gasteiger partial charge in [0.15, 0.2) is 5.96 Å². The van der Waals surface area contributed by atoms with E-state index in [2.05, 4.69) is 57.8 Å². The van der Waals surface area contributed by atoms with Crippen molar-refractivity contribution in [2.24, 2.45) is 4.99 Å². The third-order valence-electron chi connectivity index (χ3n) is 5.24. The van der Waals surface area contributed by atoms with Crippen LogP contribution in [0.15, 0.2) is 53.5 Å². The Hall–Kier alpha value is -1.84. The summed E-state index contributed by atoms with van der Waals surface area (Å²) in [6.45, 7) is 7.00. The van der Waals surface area contributed by atoms with Gasteiger partial charge < -0.3 is 20.1 Å². The first-order valence-corrected chi connectivity index (χ1v) is 10.2.